The van der Waals surface area contributed by atoms with Gasteiger partial charge in [0.05, 0.1) is 12.0 Å². The van der Waals surface area contributed by atoms with Crippen LogP contribution in [0.3, 0.4) is 0 Å². The topological polar surface area (TPSA) is 86.8 Å². The summed E-state index contributed by atoms with van der Waals surface area (Å²) in [5.41, 5.74) is 0. The molecule has 1 fully saturated rings. The van der Waals surface area contributed by atoms with Gasteiger partial charge in [0.25, 0.3) is 0 Å². The number of rotatable bonds is 9. The van der Waals surface area contributed by atoms with Gasteiger partial charge in [-0.3, -0.25) is 0 Å². The van der Waals surface area contributed by atoms with Crippen molar-refractivity contribution in [1.82, 2.24) is 13.9 Å². The molecule has 9 heteroatoms. The molecule has 0 bridgehead atoms. The summed E-state index contributed by atoms with van der Waals surface area (Å²) in [4.78, 5) is 0. The van der Waals surface area contributed by atoms with Gasteiger partial charge in [-0.15, -0.1) is 0 Å². The second-order valence-corrected chi connectivity index (χ2v) is 9.41. The molecule has 1 heterocycles. The lowest BCUT2D eigenvalue weighted by Gasteiger charge is -2.32. The Kier molecular flexibility index (Phi) is 7.55. The van der Waals surface area contributed by atoms with E-state index >= 15 is 0 Å². The van der Waals surface area contributed by atoms with Crippen LogP contribution in [0.25, 0.3) is 0 Å². The summed E-state index contributed by atoms with van der Waals surface area (Å²) in [6.07, 6.45) is 3.69. The Balaban J connectivity index is 2.33. The SMILES string of the molecule is CCCNCCCCS(=O)(=O)N1CCN(S(C)(=O)=O)CC1. The predicted octanol–water partition coefficient (Wildman–Crippen LogP) is -0.327. The van der Waals surface area contributed by atoms with E-state index < -0.39 is 20.0 Å². The second kappa shape index (κ2) is 8.42. The Morgan fingerprint density at radius 3 is 2.00 bits per heavy atom. The second-order valence-electron chi connectivity index (χ2n) is 5.33. The highest BCUT2D eigenvalue weighted by molar-refractivity contribution is 7.89. The molecule has 0 amide bonds. The summed E-state index contributed by atoms with van der Waals surface area (Å²) in [7, 11) is -6.48. The van der Waals surface area contributed by atoms with E-state index in [-0.39, 0.29) is 31.9 Å². The van der Waals surface area contributed by atoms with Crippen LogP contribution in [0.4, 0.5) is 0 Å². The molecule has 0 spiro atoms. The fraction of sp³-hybridized carbons (Fsp3) is 1.00. The van der Waals surface area contributed by atoms with Gasteiger partial charge < -0.3 is 5.32 Å². The van der Waals surface area contributed by atoms with Crippen LogP contribution in [0.15, 0.2) is 0 Å². The summed E-state index contributed by atoms with van der Waals surface area (Å²) < 4.78 is 49.9. The number of hydrogen-bond donors (Lipinski definition) is 1. The number of piperazine rings is 1. The molecule has 0 aliphatic carbocycles. The van der Waals surface area contributed by atoms with E-state index in [4.69, 9.17) is 0 Å². The smallest absolute Gasteiger partial charge is 0.214 e. The van der Waals surface area contributed by atoms with E-state index in [1.807, 2.05) is 0 Å². The quantitative estimate of drug-likeness (QED) is 0.581. The van der Waals surface area contributed by atoms with Gasteiger partial charge in [0, 0.05) is 26.2 Å². The van der Waals surface area contributed by atoms with Gasteiger partial charge in [0.2, 0.25) is 20.0 Å². The lowest BCUT2D eigenvalue weighted by atomic mass is 10.3. The number of nitrogens with one attached hydrogen (secondary N) is 1. The lowest BCUT2D eigenvalue weighted by molar-refractivity contribution is 0.274. The first-order chi connectivity index (χ1) is 9.77. The summed E-state index contributed by atoms with van der Waals surface area (Å²) in [6, 6.07) is 0. The predicted molar refractivity (Wildman–Crippen MR) is 84.2 cm³/mol. The summed E-state index contributed by atoms with van der Waals surface area (Å²) in [5, 5.41) is 3.24. The molecule has 1 rings (SSSR count). The van der Waals surface area contributed by atoms with Crippen LogP contribution in [0.2, 0.25) is 0 Å². The van der Waals surface area contributed by atoms with E-state index in [0.29, 0.717) is 6.42 Å². The molecular formula is C12H27N3O4S2. The minimum Gasteiger partial charge on any atom is -0.317 e. The van der Waals surface area contributed by atoms with Crippen molar-refractivity contribution in [3.8, 4) is 0 Å². The van der Waals surface area contributed by atoms with Crippen molar-refractivity contribution >= 4 is 20.0 Å². The standard InChI is InChI=1S/C12H27N3O4S2/c1-3-6-13-7-4-5-12-21(18,19)15-10-8-14(9-11-15)20(2,16)17/h13H,3-12H2,1-2H3. The van der Waals surface area contributed by atoms with Gasteiger partial charge in [0.1, 0.15) is 0 Å². The van der Waals surface area contributed by atoms with Crippen molar-refractivity contribution in [2.75, 3.05) is 51.3 Å². The minimum atomic E-state index is -3.26. The maximum Gasteiger partial charge on any atom is 0.214 e. The van der Waals surface area contributed by atoms with Crippen LogP contribution < -0.4 is 5.32 Å². The van der Waals surface area contributed by atoms with E-state index in [9.17, 15) is 16.8 Å². The fourth-order valence-electron chi connectivity index (χ4n) is 2.24. The van der Waals surface area contributed by atoms with Crippen molar-refractivity contribution in [2.24, 2.45) is 0 Å². The molecule has 1 N–H and O–H groups in total. The average Bonchev–Trinajstić information content (AvgIpc) is 2.42. The highest BCUT2D eigenvalue weighted by Crippen LogP contribution is 2.11. The normalized spacial score (nSPS) is 19.0. The highest BCUT2D eigenvalue weighted by atomic mass is 32.2. The molecule has 21 heavy (non-hydrogen) atoms. The summed E-state index contributed by atoms with van der Waals surface area (Å²) in [5.74, 6) is 0.139. The fourth-order valence-corrected chi connectivity index (χ4v) is 4.62. The third-order valence-corrected chi connectivity index (χ3v) is 6.75. The maximum absolute atomic E-state index is 12.2. The summed E-state index contributed by atoms with van der Waals surface area (Å²) in [6.45, 7) is 4.89. The van der Waals surface area contributed by atoms with Crippen LogP contribution in [0.5, 0.6) is 0 Å². The van der Waals surface area contributed by atoms with Gasteiger partial charge in [-0.2, -0.15) is 8.61 Å². The molecule has 0 aromatic carbocycles. The average molecular weight is 341 g/mol. The molecule has 0 saturated carbocycles. The van der Waals surface area contributed by atoms with Crippen molar-refractivity contribution in [3.05, 3.63) is 0 Å². The monoisotopic (exact) mass is 341 g/mol. The van der Waals surface area contributed by atoms with Crippen LogP contribution in [0.1, 0.15) is 26.2 Å². The zero-order chi connectivity index (χ0) is 15.9. The molecule has 126 valence electrons. The third-order valence-electron chi connectivity index (χ3n) is 3.49. The molecular weight excluding hydrogens is 314 g/mol. The number of hydrogen-bond acceptors (Lipinski definition) is 5. The zero-order valence-corrected chi connectivity index (χ0v) is 14.5. The van der Waals surface area contributed by atoms with Gasteiger partial charge in [-0.05, 0) is 32.4 Å². The van der Waals surface area contributed by atoms with Crippen molar-refractivity contribution < 1.29 is 16.8 Å². The minimum absolute atomic E-state index is 0.139. The Morgan fingerprint density at radius 2 is 1.48 bits per heavy atom. The molecule has 1 saturated heterocycles. The zero-order valence-electron chi connectivity index (χ0n) is 12.9. The molecule has 7 nitrogen and oxygen atoms in total. The molecule has 1 aliphatic heterocycles. The third kappa shape index (κ3) is 6.60. The largest absolute Gasteiger partial charge is 0.317 e. The van der Waals surface area contributed by atoms with E-state index in [0.717, 1.165) is 32.2 Å². The molecule has 0 atom stereocenters. The number of nitrogens with zero attached hydrogens (tertiary/aromatic N) is 2. The van der Waals surface area contributed by atoms with Crippen LogP contribution in [0, 0.1) is 0 Å². The first-order valence-corrected chi connectivity index (χ1v) is 10.9. The van der Waals surface area contributed by atoms with Crippen LogP contribution in [-0.2, 0) is 20.0 Å². The van der Waals surface area contributed by atoms with Gasteiger partial charge in [-0.25, -0.2) is 16.8 Å². The number of sulfonamides is 2. The molecule has 0 radical (unpaired) electrons. The number of unbranched alkanes of at least 4 members (excludes halogenated alkanes) is 1. The summed E-state index contributed by atoms with van der Waals surface area (Å²) >= 11 is 0. The maximum atomic E-state index is 12.2. The Bertz CT molecular complexity index is 497. The van der Waals surface area contributed by atoms with Gasteiger partial charge in [-0.1, -0.05) is 6.92 Å². The Hall–Kier alpha value is -0.220. The van der Waals surface area contributed by atoms with Crippen molar-refractivity contribution in [1.29, 1.82) is 0 Å². The molecule has 0 aromatic rings. The van der Waals surface area contributed by atoms with Crippen molar-refractivity contribution in [3.63, 3.8) is 0 Å². The van der Waals surface area contributed by atoms with Crippen molar-refractivity contribution in [2.45, 2.75) is 26.2 Å². The highest BCUT2D eigenvalue weighted by Gasteiger charge is 2.29. The van der Waals surface area contributed by atoms with Crippen LogP contribution in [-0.4, -0.2) is 76.7 Å². The Morgan fingerprint density at radius 1 is 0.905 bits per heavy atom. The lowest BCUT2D eigenvalue weighted by Crippen LogP contribution is -2.50. The van der Waals surface area contributed by atoms with Gasteiger partial charge in [0.15, 0.2) is 0 Å². The molecule has 0 aromatic heterocycles. The first-order valence-electron chi connectivity index (χ1n) is 7.41. The Labute approximate surface area is 128 Å². The molecule has 1 aliphatic rings. The van der Waals surface area contributed by atoms with Gasteiger partial charge >= 0.3 is 0 Å². The van der Waals surface area contributed by atoms with E-state index in [2.05, 4.69) is 12.2 Å². The first kappa shape index (κ1) is 18.8. The van der Waals surface area contributed by atoms with E-state index in [1.54, 1.807) is 0 Å². The molecule has 0 unspecified atom stereocenters. The van der Waals surface area contributed by atoms with Crippen LogP contribution >= 0.6 is 0 Å². The van der Waals surface area contributed by atoms with E-state index in [1.165, 1.54) is 8.61 Å².